The van der Waals surface area contributed by atoms with Crippen molar-refractivity contribution in [3.05, 3.63) is 174 Å². The zero-order chi connectivity index (χ0) is 36.3. The van der Waals surface area contributed by atoms with Crippen molar-refractivity contribution >= 4 is 73.6 Å². The lowest BCUT2D eigenvalue weighted by Gasteiger charge is -2.12. The van der Waals surface area contributed by atoms with Gasteiger partial charge >= 0.3 is 11.9 Å². The molecular formula is C37H24Br2N4O8. The quantitative estimate of drug-likeness (QED) is 0.0346. The van der Waals surface area contributed by atoms with Crippen molar-refractivity contribution in [1.82, 2.24) is 10.7 Å². The molecule has 0 bridgehead atoms. The fourth-order valence-corrected chi connectivity index (χ4v) is 4.81. The molecule has 12 nitrogen and oxygen atoms in total. The molecule has 0 heterocycles. The Morgan fingerprint density at radius 3 is 1.78 bits per heavy atom. The second kappa shape index (κ2) is 16.9. The van der Waals surface area contributed by atoms with E-state index in [0.717, 1.165) is 8.95 Å². The van der Waals surface area contributed by atoms with Gasteiger partial charge in [0, 0.05) is 26.6 Å². The highest BCUT2D eigenvalue weighted by Crippen LogP contribution is 2.30. The summed E-state index contributed by atoms with van der Waals surface area (Å²) in [5.74, 6) is -2.95. The molecule has 0 aliphatic heterocycles. The molecule has 0 aromatic heterocycles. The molecule has 0 radical (unpaired) electrons. The van der Waals surface area contributed by atoms with E-state index >= 15 is 0 Å². The number of nitro benzene ring substituents is 1. The highest BCUT2D eigenvalue weighted by Gasteiger charge is 2.18. The maximum atomic E-state index is 13.3. The number of hydrazone groups is 1. The van der Waals surface area contributed by atoms with E-state index in [1.165, 1.54) is 54.8 Å². The number of non-ortho nitro benzene ring substituents is 1. The summed E-state index contributed by atoms with van der Waals surface area (Å²) in [5.41, 5.74) is 3.51. The number of rotatable bonds is 11. The molecule has 0 unspecified atom stereocenters. The van der Waals surface area contributed by atoms with E-state index < -0.39 is 28.7 Å². The third kappa shape index (κ3) is 10.1. The minimum absolute atomic E-state index is 0.0495. The van der Waals surface area contributed by atoms with Crippen molar-refractivity contribution < 1.29 is 33.6 Å². The van der Waals surface area contributed by atoms with Gasteiger partial charge in [0.1, 0.15) is 5.70 Å². The Hall–Kier alpha value is -6.25. The van der Waals surface area contributed by atoms with Gasteiger partial charge in [-0.15, -0.1) is 0 Å². The van der Waals surface area contributed by atoms with Crippen LogP contribution >= 0.6 is 31.9 Å². The summed E-state index contributed by atoms with van der Waals surface area (Å²) in [5, 5.41) is 17.6. The molecule has 2 N–H and O–H groups in total. The first-order chi connectivity index (χ1) is 24.5. The van der Waals surface area contributed by atoms with Crippen LogP contribution in [0, 0.1) is 10.1 Å². The maximum absolute atomic E-state index is 13.3. The molecule has 0 fully saturated rings. The monoisotopic (exact) mass is 810 g/mol. The first-order valence-corrected chi connectivity index (χ1v) is 16.4. The Balaban J connectivity index is 1.38. The number of hydrogen-bond acceptors (Lipinski definition) is 9. The van der Waals surface area contributed by atoms with Gasteiger partial charge in [-0.2, -0.15) is 5.10 Å². The number of carbonyl (C=O) groups is 4. The van der Waals surface area contributed by atoms with Crippen LogP contribution in [0.5, 0.6) is 11.5 Å². The van der Waals surface area contributed by atoms with Crippen LogP contribution in [-0.4, -0.2) is 34.9 Å². The molecule has 0 spiro atoms. The largest absolute Gasteiger partial charge is 0.419 e. The smallest absolute Gasteiger partial charge is 0.343 e. The van der Waals surface area contributed by atoms with Gasteiger partial charge in [0.2, 0.25) is 0 Å². The number of hydrogen-bond donors (Lipinski definition) is 2. The average Bonchev–Trinajstić information content (AvgIpc) is 3.13. The number of nitro groups is 1. The molecule has 0 saturated heterocycles. The minimum Gasteiger partial charge on any atom is -0.419 e. The average molecular weight is 812 g/mol. The third-order valence-corrected chi connectivity index (χ3v) is 7.91. The topological polar surface area (TPSA) is 166 Å². The van der Waals surface area contributed by atoms with Crippen molar-refractivity contribution in [3.63, 3.8) is 0 Å². The van der Waals surface area contributed by atoms with Crippen molar-refractivity contribution in [2.75, 3.05) is 0 Å². The number of nitrogens with zero attached hydrogens (tertiary/aromatic N) is 2. The highest BCUT2D eigenvalue weighted by atomic mass is 79.9. The van der Waals surface area contributed by atoms with Crippen LogP contribution in [0.2, 0.25) is 0 Å². The van der Waals surface area contributed by atoms with Gasteiger partial charge in [0.25, 0.3) is 17.5 Å². The van der Waals surface area contributed by atoms with Gasteiger partial charge in [-0.05, 0) is 108 Å². The van der Waals surface area contributed by atoms with Crippen LogP contribution in [0.15, 0.2) is 141 Å². The molecule has 14 heteroatoms. The number of amides is 2. The van der Waals surface area contributed by atoms with E-state index in [0.29, 0.717) is 11.1 Å². The van der Waals surface area contributed by atoms with Crippen LogP contribution in [0.25, 0.3) is 6.08 Å². The predicted octanol–water partition coefficient (Wildman–Crippen LogP) is 7.48. The van der Waals surface area contributed by atoms with Crippen LogP contribution < -0.4 is 20.2 Å². The SMILES string of the molecule is O=C(N/N=C/c1ccc(OC(=O)c2ccc(Br)cc2)c(OC(=O)c2ccc(Br)cc2)c1)/C(=C/c1ccc([N+](=O)[O-])cc1)NC(=O)c1ccccc1. The van der Waals surface area contributed by atoms with Gasteiger partial charge in [0.15, 0.2) is 11.5 Å². The van der Waals surface area contributed by atoms with Crippen molar-refractivity contribution in [1.29, 1.82) is 0 Å². The summed E-state index contributed by atoms with van der Waals surface area (Å²) in [6, 6.07) is 30.8. The zero-order valence-electron chi connectivity index (χ0n) is 26.1. The Labute approximate surface area is 307 Å². The molecular weight excluding hydrogens is 788 g/mol. The molecule has 5 rings (SSSR count). The summed E-state index contributed by atoms with van der Waals surface area (Å²) < 4.78 is 12.7. The summed E-state index contributed by atoms with van der Waals surface area (Å²) in [6.45, 7) is 0. The third-order valence-electron chi connectivity index (χ3n) is 6.86. The number of esters is 2. The number of nitrogens with one attached hydrogen (secondary N) is 2. The Morgan fingerprint density at radius 1 is 0.667 bits per heavy atom. The molecule has 2 amide bonds. The normalized spacial score (nSPS) is 11.1. The van der Waals surface area contributed by atoms with Crippen LogP contribution in [0.3, 0.4) is 0 Å². The lowest BCUT2D eigenvalue weighted by Crippen LogP contribution is -2.32. The summed E-state index contributed by atoms with van der Waals surface area (Å²) >= 11 is 6.64. The van der Waals surface area contributed by atoms with Crippen molar-refractivity contribution in [3.8, 4) is 11.5 Å². The van der Waals surface area contributed by atoms with E-state index in [2.05, 4.69) is 47.7 Å². The van der Waals surface area contributed by atoms with E-state index in [1.54, 1.807) is 78.9 Å². The van der Waals surface area contributed by atoms with E-state index in [1.807, 2.05) is 0 Å². The van der Waals surface area contributed by atoms with Gasteiger partial charge in [-0.1, -0.05) is 50.1 Å². The standard InChI is InChI=1S/C37H24Br2N4O8/c38-28-13-9-26(10-14-28)36(46)50-32-19-8-24(21-33(32)51-37(47)27-11-15-29(39)16-12-27)22-40-42-35(45)31(41-34(44)25-4-2-1-3-5-25)20-23-6-17-30(18-7-23)43(48)49/h1-22H,(H,41,44)(H,42,45)/b31-20-,40-22+. The van der Waals surface area contributed by atoms with Gasteiger partial charge in [-0.3, -0.25) is 19.7 Å². The Morgan fingerprint density at radius 2 is 1.22 bits per heavy atom. The molecule has 51 heavy (non-hydrogen) atoms. The molecule has 254 valence electrons. The minimum atomic E-state index is -0.809. The number of carbonyl (C=O) groups excluding carboxylic acids is 4. The van der Waals surface area contributed by atoms with Crippen LogP contribution in [-0.2, 0) is 4.79 Å². The van der Waals surface area contributed by atoms with Gasteiger partial charge in [-0.25, -0.2) is 15.0 Å². The van der Waals surface area contributed by atoms with Crippen molar-refractivity contribution in [2.24, 2.45) is 5.10 Å². The number of halogens is 2. The molecule has 0 aliphatic rings. The highest BCUT2D eigenvalue weighted by molar-refractivity contribution is 9.10. The Kier molecular flexibility index (Phi) is 12.0. The number of benzene rings is 5. The van der Waals surface area contributed by atoms with Gasteiger partial charge < -0.3 is 14.8 Å². The fraction of sp³-hybridized carbons (Fsp3) is 0. The molecule has 0 saturated carbocycles. The molecule has 0 atom stereocenters. The molecule has 5 aromatic carbocycles. The van der Waals surface area contributed by atoms with Crippen molar-refractivity contribution in [2.45, 2.75) is 0 Å². The lowest BCUT2D eigenvalue weighted by atomic mass is 10.1. The zero-order valence-corrected chi connectivity index (χ0v) is 29.3. The predicted molar refractivity (Wildman–Crippen MR) is 195 cm³/mol. The molecule has 5 aromatic rings. The van der Waals surface area contributed by atoms with E-state index in [4.69, 9.17) is 9.47 Å². The first-order valence-electron chi connectivity index (χ1n) is 14.8. The van der Waals surface area contributed by atoms with Gasteiger partial charge in [0.05, 0.1) is 22.3 Å². The second-order valence-electron chi connectivity index (χ2n) is 10.4. The maximum Gasteiger partial charge on any atom is 0.343 e. The lowest BCUT2D eigenvalue weighted by molar-refractivity contribution is -0.384. The van der Waals surface area contributed by atoms with Crippen LogP contribution in [0.1, 0.15) is 42.2 Å². The first kappa shape index (κ1) is 36.0. The van der Waals surface area contributed by atoms with E-state index in [9.17, 15) is 29.3 Å². The van der Waals surface area contributed by atoms with E-state index in [-0.39, 0.29) is 39.6 Å². The Bertz CT molecular complexity index is 2150. The number of ether oxygens (including phenoxy) is 2. The molecule has 0 aliphatic carbocycles. The summed E-state index contributed by atoms with van der Waals surface area (Å²) in [4.78, 5) is 62.6. The van der Waals surface area contributed by atoms with Crippen LogP contribution in [0.4, 0.5) is 5.69 Å². The second-order valence-corrected chi connectivity index (χ2v) is 12.3. The summed E-state index contributed by atoms with van der Waals surface area (Å²) in [7, 11) is 0. The fourth-order valence-electron chi connectivity index (χ4n) is 4.29. The summed E-state index contributed by atoms with van der Waals surface area (Å²) in [6.07, 6.45) is 2.58.